The highest BCUT2D eigenvalue weighted by Gasteiger charge is 2.39. The zero-order valence-corrected chi connectivity index (χ0v) is 26.7. The third kappa shape index (κ3) is 9.49. The average molecular weight is 602 g/mol. The minimum Gasteiger partial charge on any atom is -0.368 e. The van der Waals surface area contributed by atoms with Crippen molar-refractivity contribution in [3.8, 4) is 11.1 Å². The second-order valence-corrected chi connectivity index (χ2v) is 12.3. The van der Waals surface area contributed by atoms with Gasteiger partial charge in [0.05, 0.1) is 12.0 Å². The fourth-order valence-corrected chi connectivity index (χ4v) is 5.43. The van der Waals surface area contributed by atoms with Gasteiger partial charge >= 0.3 is 0 Å². The number of amides is 3. The van der Waals surface area contributed by atoms with Gasteiger partial charge in [-0.15, -0.1) is 0 Å². The summed E-state index contributed by atoms with van der Waals surface area (Å²) in [5, 5.41) is 15.4. The third-order valence-electron chi connectivity index (χ3n) is 7.85. The van der Waals surface area contributed by atoms with Crippen LogP contribution >= 0.6 is 0 Å². The van der Waals surface area contributed by atoms with E-state index < -0.39 is 35.3 Å². The van der Waals surface area contributed by atoms with Crippen molar-refractivity contribution in [2.75, 3.05) is 6.61 Å². The van der Waals surface area contributed by atoms with Crippen LogP contribution in [0, 0.1) is 18.3 Å². The number of benzene rings is 3. The van der Waals surface area contributed by atoms with Gasteiger partial charge in [-0.25, -0.2) is 5.48 Å². The lowest BCUT2D eigenvalue weighted by molar-refractivity contribution is -0.151. The molecule has 3 rings (SSSR count). The summed E-state index contributed by atoms with van der Waals surface area (Å²) in [6, 6.07) is 25.0. The molecule has 3 amide bonds. The van der Waals surface area contributed by atoms with Gasteiger partial charge in [0.2, 0.25) is 11.8 Å². The third-order valence-corrected chi connectivity index (χ3v) is 7.85. The maximum atomic E-state index is 13.9. The van der Waals surface area contributed by atoms with E-state index in [0.29, 0.717) is 19.3 Å². The molecule has 4 N–H and O–H groups in total. The highest BCUT2D eigenvalue weighted by atomic mass is 16.5. The maximum Gasteiger partial charge on any atom is 0.273 e. The number of hydroxylamine groups is 1. The summed E-state index contributed by atoms with van der Waals surface area (Å²) in [6.07, 6.45) is 0.348. The molecular weight excluding hydrogens is 554 g/mol. The van der Waals surface area contributed by atoms with E-state index in [0.717, 1.165) is 27.8 Å². The largest absolute Gasteiger partial charge is 0.368 e. The first kappa shape index (κ1) is 34.5. The van der Waals surface area contributed by atoms with E-state index >= 15 is 0 Å². The first-order valence-electron chi connectivity index (χ1n) is 15.3. The van der Waals surface area contributed by atoms with E-state index in [4.69, 9.17) is 4.74 Å². The molecule has 4 atom stereocenters. The molecule has 44 heavy (non-hydrogen) atoms. The summed E-state index contributed by atoms with van der Waals surface area (Å²) in [5.41, 5.74) is 6.55. The first-order valence-corrected chi connectivity index (χ1v) is 15.3. The molecule has 0 bridgehead atoms. The summed E-state index contributed by atoms with van der Waals surface area (Å²) < 4.78 is 5.68. The van der Waals surface area contributed by atoms with E-state index in [1.807, 2.05) is 76.2 Å². The van der Waals surface area contributed by atoms with Crippen molar-refractivity contribution in [1.29, 1.82) is 0 Å². The van der Waals surface area contributed by atoms with Crippen molar-refractivity contribution in [2.24, 2.45) is 11.3 Å². The van der Waals surface area contributed by atoms with E-state index in [1.54, 1.807) is 12.4 Å². The number of carbonyl (C=O) groups excluding carboxylic acids is 3. The average Bonchev–Trinajstić information content (AvgIpc) is 3.00. The molecule has 8 heteroatoms. The highest BCUT2D eigenvalue weighted by molar-refractivity contribution is 5.92. The smallest absolute Gasteiger partial charge is 0.273 e. The molecular formula is C36H47N3O5. The Morgan fingerprint density at radius 2 is 1.50 bits per heavy atom. The van der Waals surface area contributed by atoms with Crippen molar-refractivity contribution in [1.82, 2.24) is 16.1 Å². The molecule has 3 aromatic carbocycles. The number of aryl methyl sites for hydroxylation is 2. The van der Waals surface area contributed by atoms with Gasteiger partial charge in [0.1, 0.15) is 12.1 Å². The molecule has 0 fully saturated rings. The van der Waals surface area contributed by atoms with Gasteiger partial charge in [0.15, 0.2) is 0 Å². The van der Waals surface area contributed by atoms with E-state index in [9.17, 15) is 19.6 Å². The molecule has 0 aliphatic rings. The van der Waals surface area contributed by atoms with Crippen LogP contribution in [-0.4, -0.2) is 41.7 Å². The maximum absolute atomic E-state index is 13.9. The Kier molecular flexibility index (Phi) is 12.7. The van der Waals surface area contributed by atoms with Crippen molar-refractivity contribution in [3.05, 3.63) is 95.6 Å². The molecule has 0 aromatic heterocycles. The van der Waals surface area contributed by atoms with Gasteiger partial charge in [-0.1, -0.05) is 99.6 Å². The lowest BCUT2D eigenvalue weighted by Gasteiger charge is -2.34. The molecule has 0 aliphatic heterocycles. The topological polar surface area (TPSA) is 117 Å². The molecule has 3 aromatic rings. The summed E-state index contributed by atoms with van der Waals surface area (Å²) in [4.78, 5) is 40.0. The molecule has 2 unspecified atom stereocenters. The summed E-state index contributed by atoms with van der Waals surface area (Å²) in [6.45, 7) is 11.5. The summed E-state index contributed by atoms with van der Waals surface area (Å²) in [7, 11) is 0. The van der Waals surface area contributed by atoms with Crippen molar-refractivity contribution >= 4 is 17.7 Å². The molecule has 8 nitrogen and oxygen atoms in total. The Labute approximate surface area is 261 Å². The van der Waals surface area contributed by atoms with Crippen LogP contribution in [0.25, 0.3) is 11.1 Å². The van der Waals surface area contributed by atoms with E-state index in [2.05, 4.69) is 47.9 Å². The summed E-state index contributed by atoms with van der Waals surface area (Å²) >= 11 is 0. The Balaban J connectivity index is 1.78. The van der Waals surface area contributed by atoms with E-state index in [-0.39, 0.29) is 18.6 Å². The quantitative estimate of drug-likeness (QED) is 0.135. The predicted molar refractivity (Wildman–Crippen MR) is 173 cm³/mol. The number of nitrogens with one attached hydrogen (secondary N) is 3. The standard InChI is InChI=1S/C36H47N3O5/c1-7-44-31(34(41)39-43)30(20-14-15-26-21-22-29(24(2)23-26)28-18-12-9-13-19-28)33(40)38-32(36(4,5)6)35(42)37-25(3)27-16-10-8-11-17-27/h8-13,16-19,21-23,25,30-32,43H,7,14-15,20H2,1-6H3,(H,37,42)(H,38,40)(H,39,41)/t25?,30-,31?,32-/m1/s1. The molecule has 0 saturated heterocycles. The van der Waals surface area contributed by atoms with Crippen LogP contribution in [0.5, 0.6) is 0 Å². The van der Waals surface area contributed by atoms with Crippen LogP contribution in [0.3, 0.4) is 0 Å². The Morgan fingerprint density at radius 3 is 2.07 bits per heavy atom. The van der Waals surface area contributed by atoms with Crippen molar-refractivity contribution < 1.29 is 24.3 Å². The Hall–Kier alpha value is -4.01. The first-order chi connectivity index (χ1) is 21.0. The predicted octanol–water partition coefficient (Wildman–Crippen LogP) is 5.92. The number of carbonyl (C=O) groups is 3. The fourth-order valence-electron chi connectivity index (χ4n) is 5.43. The summed E-state index contributed by atoms with van der Waals surface area (Å²) in [5.74, 6) is -2.54. The van der Waals surface area contributed by atoms with Gasteiger partial charge in [-0.3, -0.25) is 19.6 Å². The number of ether oxygens (including phenoxy) is 1. The molecule has 0 radical (unpaired) electrons. The Morgan fingerprint density at radius 1 is 0.864 bits per heavy atom. The monoisotopic (exact) mass is 601 g/mol. The molecule has 0 saturated carbocycles. The van der Waals surface area contributed by atoms with Crippen molar-refractivity contribution in [2.45, 2.75) is 79.0 Å². The zero-order chi connectivity index (χ0) is 32.3. The van der Waals surface area contributed by atoms with Crippen LogP contribution in [0.1, 0.15) is 70.2 Å². The van der Waals surface area contributed by atoms with Crippen LogP contribution in [0.2, 0.25) is 0 Å². The van der Waals surface area contributed by atoms with Crippen LogP contribution in [-0.2, 0) is 25.5 Å². The molecule has 236 valence electrons. The lowest BCUT2D eigenvalue weighted by Crippen LogP contribution is -2.57. The number of hydrogen-bond donors (Lipinski definition) is 4. The minimum atomic E-state index is -1.22. The van der Waals surface area contributed by atoms with Crippen LogP contribution < -0.4 is 16.1 Å². The van der Waals surface area contributed by atoms with E-state index in [1.165, 1.54) is 0 Å². The SMILES string of the molecule is CCOC(C(=O)NO)[C@@H](CCCc1ccc(-c2ccccc2)c(C)c1)C(=O)N[C@H](C(=O)NC(C)c1ccccc1)C(C)(C)C. The second kappa shape index (κ2) is 16.2. The zero-order valence-electron chi connectivity index (χ0n) is 26.7. The second-order valence-electron chi connectivity index (χ2n) is 12.3. The Bertz CT molecular complexity index is 1370. The fraction of sp³-hybridized carbons (Fsp3) is 0.417. The normalized spacial score (nSPS) is 14.2. The molecule has 0 spiro atoms. The van der Waals surface area contributed by atoms with Crippen molar-refractivity contribution in [3.63, 3.8) is 0 Å². The minimum absolute atomic E-state index is 0.166. The number of rotatable bonds is 14. The molecule has 0 heterocycles. The lowest BCUT2D eigenvalue weighted by atomic mass is 9.84. The van der Waals surface area contributed by atoms with Crippen LogP contribution in [0.15, 0.2) is 78.9 Å². The van der Waals surface area contributed by atoms with Gasteiger partial charge in [0, 0.05) is 6.61 Å². The van der Waals surface area contributed by atoms with Gasteiger partial charge in [-0.2, -0.15) is 0 Å². The highest BCUT2D eigenvalue weighted by Crippen LogP contribution is 2.27. The van der Waals surface area contributed by atoms with Gasteiger partial charge in [-0.05, 0) is 73.3 Å². The van der Waals surface area contributed by atoms with Crippen LogP contribution in [0.4, 0.5) is 0 Å². The molecule has 0 aliphatic carbocycles. The number of hydrogen-bond acceptors (Lipinski definition) is 5. The van der Waals surface area contributed by atoms with Gasteiger partial charge < -0.3 is 15.4 Å². The van der Waals surface area contributed by atoms with Gasteiger partial charge in [0.25, 0.3) is 5.91 Å².